The second kappa shape index (κ2) is 9.75. The van der Waals surface area contributed by atoms with Gasteiger partial charge in [-0.15, -0.1) is 0 Å². The van der Waals surface area contributed by atoms with Crippen molar-refractivity contribution in [3.8, 4) is 0 Å². The molecule has 0 fully saturated rings. The number of nitrogens with one attached hydrogen (secondary N) is 2. The highest BCUT2D eigenvalue weighted by molar-refractivity contribution is 5.87. The number of esters is 1. The zero-order valence-corrected chi connectivity index (χ0v) is 20.4. The Morgan fingerprint density at radius 3 is 2.76 bits per heavy atom. The molecule has 34 heavy (non-hydrogen) atoms. The zero-order chi connectivity index (χ0) is 24.3. The Hall–Kier alpha value is -3.54. The number of urea groups is 1. The SMILES string of the molecule is COC(=O)C=Cc1ccc2c(c1)CCC2N(CCc1c[nH]c2ccccc12)C(=O)NC(C)(C)C. The van der Waals surface area contributed by atoms with E-state index in [9.17, 15) is 9.59 Å². The maximum absolute atomic E-state index is 13.4. The van der Waals surface area contributed by atoms with Gasteiger partial charge in [-0.3, -0.25) is 0 Å². The van der Waals surface area contributed by atoms with E-state index in [4.69, 9.17) is 0 Å². The van der Waals surface area contributed by atoms with Crippen molar-refractivity contribution in [2.75, 3.05) is 13.7 Å². The lowest BCUT2D eigenvalue weighted by Crippen LogP contribution is -2.50. The number of aryl methyl sites for hydroxylation is 1. The van der Waals surface area contributed by atoms with Crippen LogP contribution in [-0.2, 0) is 22.4 Å². The van der Waals surface area contributed by atoms with Gasteiger partial charge < -0.3 is 19.9 Å². The van der Waals surface area contributed by atoms with Crippen LogP contribution in [0.1, 0.15) is 55.5 Å². The molecule has 2 amide bonds. The molecule has 1 aliphatic carbocycles. The molecule has 6 heteroatoms. The minimum absolute atomic E-state index is 0.0150. The normalized spacial score (nSPS) is 15.5. The number of hydrogen-bond acceptors (Lipinski definition) is 3. The molecule has 0 saturated carbocycles. The fraction of sp³-hybridized carbons (Fsp3) is 0.357. The number of para-hydroxylation sites is 1. The maximum Gasteiger partial charge on any atom is 0.330 e. The summed E-state index contributed by atoms with van der Waals surface area (Å²) in [6.07, 6.45) is 7.79. The van der Waals surface area contributed by atoms with E-state index in [0.29, 0.717) is 6.54 Å². The first kappa shape index (κ1) is 23.6. The Morgan fingerprint density at radius 2 is 2.00 bits per heavy atom. The number of benzene rings is 2. The van der Waals surface area contributed by atoms with E-state index in [1.807, 2.05) is 50.1 Å². The molecule has 1 aromatic heterocycles. The van der Waals surface area contributed by atoms with Gasteiger partial charge in [0, 0.05) is 35.3 Å². The second-order valence-corrected chi connectivity index (χ2v) is 9.85. The summed E-state index contributed by atoms with van der Waals surface area (Å²) in [5, 5.41) is 4.36. The Bertz CT molecular complexity index is 1220. The number of H-pyrrole nitrogens is 1. The van der Waals surface area contributed by atoms with Crippen LogP contribution in [0.25, 0.3) is 17.0 Å². The molecule has 2 N–H and O–H groups in total. The van der Waals surface area contributed by atoms with E-state index in [1.54, 1.807) is 6.08 Å². The number of hydrogen-bond donors (Lipinski definition) is 2. The highest BCUT2D eigenvalue weighted by Crippen LogP contribution is 2.37. The number of aromatic nitrogens is 1. The van der Waals surface area contributed by atoms with Crippen molar-refractivity contribution >= 4 is 29.0 Å². The van der Waals surface area contributed by atoms with Crippen LogP contribution in [0.15, 0.2) is 54.7 Å². The van der Waals surface area contributed by atoms with Gasteiger partial charge in [0.1, 0.15) is 0 Å². The summed E-state index contributed by atoms with van der Waals surface area (Å²) in [4.78, 5) is 30.2. The molecular weight excluding hydrogens is 426 g/mol. The van der Waals surface area contributed by atoms with Crippen LogP contribution in [0.5, 0.6) is 0 Å². The van der Waals surface area contributed by atoms with E-state index < -0.39 is 0 Å². The first-order valence-corrected chi connectivity index (χ1v) is 11.8. The van der Waals surface area contributed by atoms with Crippen molar-refractivity contribution in [1.29, 1.82) is 0 Å². The van der Waals surface area contributed by atoms with Gasteiger partial charge in [-0.2, -0.15) is 0 Å². The van der Waals surface area contributed by atoms with Crippen molar-refractivity contribution < 1.29 is 14.3 Å². The molecule has 3 aromatic rings. The Kier molecular flexibility index (Phi) is 6.77. The van der Waals surface area contributed by atoms with Crippen LogP contribution in [0.4, 0.5) is 4.79 Å². The molecule has 4 rings (SSSR count). The number of fused-ring (bicyclic) bond motifs is 2. The summed E-state index contributed by atoms with van der Waals surface area (Å²) < 4.78 is 4.68. The maximum atomic E-state index is 13.4. The van der Waals surface area contributed by atoms with Crippen LogP contribution < -0.4 is 5.32 Å². The van der Waals surface area contributed by atoms with Crippen molar-refractivity contribution in [2.45, 2.75) is 51.6 Å². The number of nitrogens with zero attached hydrogens (tertiary/aromatic N) is 1. The fourth-order valence-electron chi connectivity index (χ4n) is 4.65. The van der Waals surface area contributed by atoms with Crippen LogP contribution in [0.2, 0.25) is 0 Å². The molecule has 1 atom stereocenters. The molecule has 0 radical (unpaired) electrons. The standard InChI is InChI=1S/C28H33N3O3/c1-28(2,3)30-27(33)31(16-15-21-18-29-24-8-6-5-7-22(21)24)25-13-11-20-17-19(9-12-23(20)25)10-14-26(32)34-4/h5-10,12,14,17-18,25,29H,11,13,15-16H2,1-4H3,(H,30,33). The fourth-order valence-corrected chi connectivity index (χ4v) is 4.65. The summed E-state index contributed by atoms with van der Waals surface area (Å²) >= 11 is 0. The largest absolute Gasteiger partial charge is 0.466 e. The third kappa shape index (κ3) is 5.33. The molecule has 178 valence electrons. The molecule has 6 nitrogen and oxygen atoms in total. The summed E-state index contributed by atoms with van der Waals surface area (Å²) in [5.74, 6) is -0.374. The molecule has 0 bridgehead atoms. The number of rotatable bonds is 6. The minimum Gasteiger partial charge on any atom is -0.466 e. The molecule has 0 spiro atoms. The topological polar surface area (TPSA) is 74.4 Å². The third-order valence-electron chi connectivity index (χ3n) is 6.24. The lowest BCUT2D eigenvalue weighted by atomic mass is 10.0. The number of methoxy groups -OCH3 is 1. The molecule has 0 aliphatic heterocycles. The van der Waals surface area contributed by atoms with Crippen molar-refractivity contribution in [3.05, 3.63) is 77.0 Å². The predicted molar refractivity (Wildman–Crippen MR) is 136 cm³/mol. The molecule has 2 aromatic carbocycles. The number of aromatic amines is 1. The average molecular weight is 460 g/mol. The highest BCUT2D eigenvalue weighted by Gasteiger charge is 2.32. The van der Waals surface area contributed by atoms with Crippen LogP contribution in [-0.4, -0.2) is 41.1 Å². The average Bonchev–Trinajstić information content (AvgIpc) is 3.40. The quantitative estimate of drug-likeness (QED) is 0.383. The first-order valence-electron chi connectivity index (χ1n) is 11.8. The van der Waals surface area contributed by atoms with Gasteiger partial charge in [-0.1, -0.05) is 36.4 Å². The van der Waals surface area contributed by atoms with Crippen molar-refractivity contribution in [3.63, 3.8) is 0 Å². The molecular formula is C28H33N3O3. The van der Waals surface area contributed by atoms with Crippen LogP contribution in [0.3, 0.4) is 0 Å². The summed E-state index contributed by atoms with van der Waals surface area (Å²) in [6, 6.07) is 14.4. The molecule has 0 saturated heterocycles. The summed E-state index contributed by atoms with van der Waals surface area (Å²) in [6.45, 7) is 6.64. The number of carbonyl (C=O) groups is 2. The first-order chi connectivity index (χ1) is 16.2. The van der Waals surface area contributed by atoms with E-state index in [2.05, 4.69) is 39.3 Å². The van der Waals surface area contributed by atoms with Gasteiger partial charge in [-0.25, -0.2) is 9.59 Å². The van der Waals surface area contributed by atoms with Gasteiger partial charge >= 0.3 is 12.0 Å². The third-order valence-corrected chi connectivity index (χ3v) is 6.24. The van der Waals surface area contributed by atoms with E-state index in [1.165, 1.54) is 35.3 Å². The lowest BCUT2D eigenvalue weighted by Gasteiger charge is -2.33. The van der Waals surface area contributed by atoms with Crippen molar-refractivity contribution in [1.82, 2.24) is 15.2 Å². The number of carbonyl (C=O) groups excluding carboxylic acids is 2. The van der Waals surface area contributed by atoms with Gasteiger partial charge in [0.05, 0.1) is 13.2 Å². The van der Waals surface area contributed by atoms with E-state index in [-0.39, 0.29) is 23.6 Å². The van der Waals surface area contributed by atoms with Crippen molar-refractivity contribution in [2.24, 2.45) is 0 Å². The smallest absolute Gasteiger partial charge is 0.330 e. The summed E-state index contributed by atoms with van der Waals surface area (Å²) in [7, 11) is 1.37. The Labute approximate surface area is 201 Å². The van der Waals surface area contributed by atoms with Gasteiger partial charge in [0.25, 0.3) is 0 Å². The van der Waals surface area contributed by atoms with Gasteiger partial charge in [-0.05, 0) is 74.4 Å². The monoisotopic (exact) mass is 459 g/mol. The molecule has 1 aliphatic rings. The highest BCUT2D eigenvalue weighted by atomic mass is 16.5. The molecule has 1 heterocycles. The van der Waals surface area contributed by atoms with Crippen LogP contribution >= 0.6 is 0 Å². The van der Waals surface area contributed by atoms with E-state index >= 15 is 0 Å². The lowest BCUT2D eigenvalue weighted by molar-refractivity contribution is -0.134. The number of ether oxygens (including phenoxy) is 1. The Balaban J connectivity index is 1.58. The van der Waals surface area contributed by atoms with E-state index in [0.717, 1.165) is 30.3 Å². The van der Waals surface area contributed by atoms with Crippen LogP contribution in [0, 0.1) is 0 Å². The Morgan fingerprint density at radius 1 is 1.21 bits per heavy atom. The minimum atomic E-state index is -0.374. The zero-order valence-electron chi connectivity index (χ0n) is 20.4. The number of amides is 2. The van der Waals surface area contributed by atoms with Gasteiger partial charge in [0.15, 0.2) is 0 Å². The second-order valence-electron chi connectivity index (χ2n) is 9.85. The van der Waals surface area contributed by atoms with Gasteiger partial charge in [0.2, 0.25) is 0 Å². The summed E-state index contributed by atoms with van der Waals surface area (Å²) in [5.41, 5.74) is 5.36. The predicted octanol–water partition coefficient (Wildman–Crippen LogP) is 5.39. The molecule has 1 unspecified atom stereocenters.